The third kappa shape index (κ3) is 4.45. The monoisotopic (exact) mass is 452 g/mol. The Labute approximate surface area is 202 Å². The van der Waals surface area contributed by atoms with Gasteiger partial charge in [-0.3, -0.25) is 4.79 Å². The number of ketones is 1. The van der Waals surface area contributed by atoms with E-state index < -0.39 is 0 Å². The molecule has 0 saturated carbocycles. The minimum Gasteiger partial charge on any atom is -0.489 e. The number of hydrogen-bond donors (Lipinski definition) is 2. The Bertz CT molecular complexity index is 1260. The average Bonchev–Trinajstić information content (AvgIpc) is 2.95. The molecule has 1 unspecified atom stereocenters. The van der Waals surface area contributed by atoms with Gasteiger partial charge >= 0.3 is 0 Å². The number of aryl methyl sites for hydroxylation is 2. The molecule has 2 aliphatic rings. The van der Waals surface area contributed by atoms with Crippen molar-refractivity contribution in [3.8, 4) is 5.75 Å². The van der Waals surface area contributed by atoms with Crippen molar-refractivity contribution in [1.29, 1.82) is 0 Å². The predicted molar refractivity (Wildman–Crippen MR) is 138 cm³/mol. The van der Waals surface area contributed by atoms with Crippen LogP contribution in [-0.4, -0.2) is 5.78 Å². The first-order valence-corrected chi connectivity index (χ1v) is 12.0. The average molecular weight is 453 g/mol. The first kappa shape index (κ1) is 22.3. The lowest BCUT2D eigenvalue weighted by Crippen LogP contribution is -2.31. The zero-order chi connectivity index (χ0) is 23.9. The fourth-order valence-electron chi connectivity index (χ4n) is 4.96. The van der Waals surface area contributed by atoms with E-state index in [0.717, 1.165) is 45.9 Å². The van der Waals surface area contributed by atoms with Crippen LogP contribution in [0.2, 0.25) is 0 Å². The highest BCUT2D eigenvalue weighted by Gasteiger charge is 2.38. The molecular formula is C30H32N2O2. The van der Waals surface area contributed by atoms with Crippen molar-refractivity contribution < 1.29 is 9.53 Å². The number of anilines is 2. The zero-order valence-electron chi connectivity index (χ0n) is 20.4. The van der Waals surface area contributed by atoms with E-state index in [0.29, 0.717) is 13.0 Å². The van der Waals surface area contributed by atoms with Crippen LogP contribution in [0.15, 0.2) is 78.0 Å². The van der Waals surface area contributed by atoms with Crippen LogP contribution in [-0.2, 0) is 11.4 Å². The lowest BCUT2D eigenvalue weighted by molar-refractivity contribution is -0.118. The molecule has 174 valence electrons. The maximum atomic E-state index is 13.4. The summed E-state index contributed by atoms with van der Waals surface area (Å²) in [7, 11) is 0. The number of Topliss-reactive ketones (excluding diaryl/α,β-unsaturated/α-hetero) is 1. The molecule has 5 rings (SSSR count). The van der Waals surface area contributed by atoms with Gasteiger partial charge in [0.05, 0.1) is 17.4 Å². The summed E-state index contributed by atoms with van der Waals surface area (Å²) in [5.74, 6) is 1.03. The topological polar surface area (TPSA) is 50.4 Å². The van der Waals surface area contributed by atoms with Crippen LogP contribution in [0.5, 0.6) is 5.75 Å². The quantitative estimate of drug-likeness (QED) is 0.443. The molecule has 0 spiro atoms. The Balaban J connectivity index is 1.49. The molecule has 0 radical (unpaired) electrons. The largest absolute Gasteiger partial charge is 0.489 e. The first-order chi connectivity index (χ1) is 16.3. The van der Waals surface area contributed by atoms with E-state index in [1.54, 1.807) is 0 Å². The second kappa shape index (κ2) is 8.68. The standard InChI is InChI=1S/C30H32N2O2/c1-19-14-24-25(15-20(19)2)32-29(28-26(31-24)16-30(3,4)17-27(28)33)22-10-12-23(13-11-22)34-18-21-8-6-5-7-9-21/h5-15,29,31-32H,16-18H2,1-4H3. The number of carbonyl (C=O) groups is 1. The van der Waals surface area contributed by atoms with Crippen LogP contribution >= 0.6 is 0 Å². The molecule has 2 N–H and O–H groups in total. The van der Waals surface area contributed by atoms with E-state index >= 15 is 0 Å². The number of allylic oxidation sites excluding steroid dienone is 1. The number of nitrogens with one attached hydrogen (secondary N) is 2. The molecule has 4 nitrogen and oxygen atoms in total. The van der Waals surface area contributed by atoms with Crippen LogP contribution in [0.4, 0.5) is 11.4 Å². The lowest BCUT2D eigenvalue weighted by Gasteiger charge is -2.34. The van der Waals surface area contributed by atoms with Gasteiger partial charge in [0.15, 0.2) is 5.78 Å². The fourth-order valence-corrected chi connectivity index (χ4v) is 4.96. The summed E-state index contributed by atoms with van der Waals surface area (Å²) >= 11 is 0. The Morgan fingerprint density at radius 3 is 2.29 bits per heavy atom. The summed E-state index contributed by atoms with van der Waals surface area (Å²) in [6.45, 7) is 9.12. The van der Waals surface area contributed by atoms with E-state index in [9.17, 15) is 4.79 Å². The van der Waals surface area contributed by atoms with E-state index in [-0.39, 0.29) is 17.2 Å². The molecule has 4 heteroatoms. The van der Waals surface area contributed by atoms with Crippen LogP contribution < -0.4 is 15.4 Å². The molecule has 0 bridgehead atoms. The van der Waals surface area contributed by atoms with Crippen molar-refractivity contribution in [3.63, 3.8) is 0 Å². The molecule has 1 atom stereocenters. The predicted octanol–water partition coefficient (Wildman–Crippen LogP) is 7.10. The number of benzene rings is 3. The third-order valence-electron chi connectivity index (χ3n) is 6.89. The van der Waals surface area contributed by atoms with Gasteiger partial charge in [-0.05, 0) is 72.2 Å². The number of ether oxygens (including phenoxy) is 1. The Kier molecular flexibility index (Phi) is 5.68. The number of rotatable bonds is 4. The summed E-state index contributed by atoms with van der Waals surface area (Å²) in [5.41, 5.74) is 8.53. The van der Waals surface area contributed by atoms with Gasteiger partial charge < -0.3 is 15.4 Å². The van der Waals surface area contributed by atoms with E-state index in [1.165, 1.54) is 11.1 Å². The molecule has 0 fully saturated rings. The summed E-state index contributed by atoms with van der Waals surface area (Å²) in [5, 5.41) is 7.33. The highest BCUT2D eigenvalue weighted by atomic mass is 16.5. The molecule has 0 amide bonds. The Hall–Kier alpha value is -3.53. The van der Waals surface area contributed by atoms with Crippen LogP contribution in [0.3, 0.4) is 0 Å². The Morgan fingerprint density at radius 2 is 1.59 bits per heavy atom. The maximum absolute atomic E-state index is 13.4. The SMILES string of the molecule is Cc1cc2c(cc1C)NC(c1ccc(OCc3ccccc3)cc1)C1=C(CC(C)(C)CC1=O)N2. The fraction of sp³-hybridized carbons (Fsp3) is 0.300. The van der Waals surface area contributed by atoms with Crippen molar-refractivity contribution in [1.82, 2.24) is 0 Å². The van der Waals surface area contributed by atoms with Crippen LogP contribution in [0.25, 0.3) is 0 Å². The zero-order valence-corrected chi connectivity index (χ0v) is 20.4. The maximum Gasteiger partial charge on any atom is 0.163 e. The second-order valence-corrected chi connectivity index (χ2v) is 10.4. The normalized spacial score (nSPS) is 18.8. The van der Waals surface area contributed by atoms with E-state index in [2.05, 4.69) is 74.7 Å². The van der Waals surface area contributed by atoms with Crippen molar-refractivity contribution in [2.75, 3.05) is 10.6 Å². The van der Waals surface area contributed by atoms with Gasteiger partial charge in [-0.25, -0.2) is 0 Å². The summed E-state index contributed by atoms with van der Waals surface area (Å²) < 4.78 is 5.99. The van der Waals surface area contributed by atoms with E-state index in [1.807, 2.05) is 30.3 Å². The van der Waals surface area contributed by atoms with Gasteiger partial charge in [0.2, 0.25) is 0 Å². The van der Waals surface area contributed by atoms with Gasteiger partial charge in [0, 0.05) is 17.7 Å². The minimum absolute atomic E-state index is 0.0627. The van der Waals surface area contributed by atoms with Gasteiger partial charge in [-0.1, -0.05) is 56.3 Å². The summed E-state index contributed by atoms with van der Waals surface area (Å²) in [6, 6.07) is 22.4. The number of carbonyl (C=O) groups excluding carboxylic acids is 1. The van der Waals surface area contributed by atoms with Crippen molar-refractivity contribution in [2.45, 2.75) is 53.2 Å². The highest BCUT2D eigenvalue weighted by molar-refractivity contribution is 6.01. The molecule has 3 aromatic rings. The van der Waals surface area contributed by atoms with Crippen molar-refractivity contribution in [3.05, 3.63) is 100 Å². The molecule has 1 aliphatic heterocycles. The molecular weight excluding hydrogens is 420 g/mol. The Morgan fingerprint density at radius 1 is 0.912 bits per heavy atom. The third-order valence-corrected chi connectivity index (χ3v) is 6.89. The van der Waals surface area contributed by atoms with Crippen LogP contribution in [0.1, 0.15) is 55.0 Å². The summed E-state index contributed by atoms with van der Waals surface area (Å²) in [6.07, 6.45) is 1.40. The van der Waals surface area contributed by atoms with Gasteiger partial charge in [-0.2, -0.15) is 0 Å². The molecule has 34 heavy (non-hydrogen) atoms. The number of fused-ring (bicyclic) bond motifs is 1. The van der Waals surface area contributed by atoms with Gasteiger partial charge in [0.25, 0.3) is 0 Å². The van der Waals surface area contributed by atoms with Gasteiger partial charge in [-0.15, -0.1) is 0 Å². The smallest absolute Gasteiger partial charge is 0.163 e. The van der Waals surface area contributed by atoms with E-state index in [4.69, 9.17) is 4.74 Å². The van der Waals surface area contributed by atoms with Crippen LogP contribution in [0, 0.1) is 19.3 Å². The van der Waals surface area contributed by atoms with Crippen molar-refractivity contribution >= 4 is 17.2 Å². The molecule has 0 saturated heterocycles. The van der Waals surface area contributed by atoms with Gasteiger partial charge in [0.1, 0.15) is 12.4 Å². The molecule has 0 aromatic heterocycles. The molecule has 1 heterocycles. The minimum atomic E-state index is -0.211. The molecule has 1 aliphatic carbocycles. The number of hydrogen-bond acceptors (Lipinski definition) is 4. The summed E-state index contributed by atoms with van der Waals surface area (Å²) in [4.78, 5) is 13.4. The second-order valence-electron chi connectivity index (χ2n) is 10.4. The molecule has 3 aromatic carbocycles. The van der Waals surface area contributed by atoms with Crippen molar-refractivity contribution in [2.24, 2.45) is 5.41 Å². The highest BCUT2D eigenvalue weighted by Crippen LogP contribution is 2.46. The lowest BCUT2D eigenvalue weighted by atomic mass is 9.73. The first-order valence-electron chi connectivity index (χ1n) is 12.0.